The van der Waals surface area contributed by atoms with Crippen molar-refractivity contribution in [3.63, 3.8) is 0 Å². The molecule has 0 aromatic heterocycles. The molecule has 2 N–H and O–H groups in total. The summed E-state index contributed by atoms with van der Waals surface area (Å²) in [6.45, 7) is 4.37. The number of aryl methyl sites for hydroxylation is 1. The summed E-state index contributed by atoms with van der Waals surface area (Å²) < 4.78 is 0. The van der Waals surface area contributed by atoms with Gasteiger partial charge in [-0.2, -0.15) is 0 Å². The molecule has 0 saturated heterocycles. The van der Waals surface area contributed by atoms with Crippen molar-refractivity contribution < 1.29 is 0 Å². The van der Waals surface area contributed by atoms with Crippen LogP contribution in [-0.2, 0) is 0 Å². The fourth-order valence-corrected chi connectivity index (χ4v) is 1.75. The minimum absolute atomic E-state index is 0.422. The van der Waals surface area contributed by atoms with Gasteiger partial charge >= 0.3 is 0 Å². The molecule has 1 rings (SSSR count). The maximum Gasteiger partial charge on any atom is 0.0464 e. The Labute approximate surface area is 86.7 Å². The van der Waals surface area contributed by atoms with Gasteiger partial charge in [-0.15, -0.1) is 0 Å². The molecule has 78 valence electrons. The van der Waals surface area contributed by atoms with Crippen molar-refractivity contribution in [2.75, 3.05) is 7.05 Å². The first kappa shape index (κ1) is 11.2. The lowest BCUT2D eigenvalue weighted by Crippen LogP contribution is -2.32. The van der Waals surface area contributed by atoms with Gasteiger partial charge in [-0.25, -0.2) is 0 Å². The third-order valence-corrected chi connectivity index (χ3v) is 2.46. The van der Waals surface area contributed by atoms with Crippen molar-refractivity contribution in [2.45, 2.75) is 32.7 Å². The van der Waals surface area contributed by atoms with Crippen LogP contribution >= 0.6 is 0 Å². The number of hydrazine groups is 1. The van der Waals surface area contributed by atoms with Crippen LogP contribution in [-0.4, -0.2) is 7.05 Å². The largest absolute Gasteiger partial charge is 0.260 e. The maximum absolute atomic E-state index is 3.29. The lowest BCUT2D eigenvalue weighted by molar-refractivity contribution is 0.444. The first-order chi connectivity index (χ1) is 6.79. The molecular formula is C12H20N2. The highest BCUT2D eigenvalue weighted by molar-refractivity contribution is 5.28. The summed E-state index contributed by atoms with van der Waals surface area (Å²) in [5.41, 5.74) is 9.07. The van der Waals surface area contributed by atoms with E-state index in [0.29, 0.717) is 6.04 Å². The van der Waals surface area contributed by atoms with Gasteiger partial charge in [0.05, 0.1) is 0 Å². The van der Waals surface area contributed by atoms with Crippen LogP contribution in [0.1, 0.15) is 36.9 Å². The second-order valence-corrected chi connectivity index (χ2v) is 3.59. The molecular weight excluding hydrogens is 172 g/mol. The summed E-state index contributed by atoms with van der Waals surface area (Å²) in [5, 5.41) is 0. The number of nitrogens with one attached hydrogen (secondary N) is 2. The third-order valence-electron chi connectivity index (χ3n) is 2.46. The van der Waals surface area contributed by atoms with E-state index >= 15 is 0 Å². The van der Waals surface area contributed by atoms with Gasteiger partial charge in [-0.3, -0.25) is 10.9 Å². The van der Waals surface area contributed by atoms with Gasteiger partial charge in [-0.05, 0) is 31.5 Å². The number of hydrogen-bond donors (Lipinski definition) is 2. The first-order valence-electron chi connectivity index (χ1n) is 5.27. The minimum atomic E-state index is 0.422. The Morgan fingerprint density at radius 3 is 2.57 bits per heavy atom. The molecule has 1 atom stereocenters. The minimum Gasteiger partial charge on any atom is -0.260 e. The maximum atomic E-state index is 3.29. The molecule has 2 nitrogen and oxygen atoms in total. The highest BCUT2D eigenvalue weighted by atomic mass is 15.3. The Bertz CT molecular complexity index is 265. The van der Waals surface area contributed by atoms with E-state index in [4.69, 9.17) is 0 Å². The predicted molar refractivity (Wildman–Crippen MR) is 61.0 cm³/mol. The highest BCUT2D eigenvalue weighted by Gasteiger charge is 2.10. The Morgan fingerprint density at radius 2 is 2.00 bits per heavy atom. The molecule has 0 fully saturated rings. The van der Waals surface area contributed by atoms with Gasteiger partial charge in [0.1, 0.15) is 0 Å². The second kappa shape index (κ2) is 5.78. The van der Waals surface area contributed by atoms with E-state index in [-0.39, 0.29) is 0 Å². The lowest BCUT2D eigenvalue weighted by Gasteiger charge is -2.19. The normalized spacial score (nSPS) is 12.8. The van der Waals surface area contributed by atoms with Gasteiger partial charge in [0, 0.05) is 6.04 Å². The van der Waals surface area contributed by atoms with E-state index < -0.39 is 0 Å². The standard InChI is InChI=1S/C12H20N2/c1-4-7-12(14-13-3)11-9-6-5-8-10(11)2/h5-6,8-9,12-14H,4,7H2,1-3H3. The van der Waals surface area contributed by atoms with E-state index in [9.17, 15) is 0 Å². The molecule has 0 aliphatic rings. The SMILES string of the molecule is CCCC(NNC)c1ccccc1C. The summed E-state index contributed by atoms with van der Waals surface area (Å²) >= 11 is 0. The van der Waals surface area contributed by atoms with Crippen molar-refractivity contribution in [3.05, 3.63) is 35.4 Å². The van der Waals surface area contributed by atoms with Crippen LogP contribution in [0.15, 0.2) is 24.3 Å². The monoisotopic (exact) mass is 192 g/mol. The van der Waals surface area contributed by atoms with Crippen LogP contribution in [0, 0.1) is 6.92 Å². The average molecular weight is 192 g/mol. The molecule has 0 aliphatic carbocycles. The second-order valence-electron chi connectivity index (χ2n) is 3.59. The molecule has 0 heterocycles. The predicted octanol–water partition coefficient (Wildman–Crippen LogP) is 2.56. The average Bonchev–Trinajstić information content (AvgIpc) is 2.18. The van der Waals surface area contributed by atoms with Gasteiger partial charge in [0.2, 0.25) is 0 Å². The summed E-state index contributed by atoms with van der Waals surface area (Å²) in [6, 6.07) is 8.96. The zero-order chi connectivity index (χ0) is 10.4. The number of rotatable bonds is 5. The van der Waals surface area contributed by atoms with Gasteiger partial charge in [-0.1, -0.05) is 37.6 Å². The smallest absolute Gasteiger partial charge is 0.0464 e. The van der Waals surface area contributed by atoms with Gasteiger partial charge in [0.15, 0.2) is 0 Å². The molecule has 1 aromatic carbocycles. The molecule has 0 saturated carbocycles. The molecule has 1 aromatic rings. The quantitative estimate of drug-likeness (QED) is 0.701. The zero-order valence-corrected chi connectivity index (χ0v) is 9.30. The summed E-state index contributed by atoms with van der Waals surface area (Å²) in [5.74, 6) is 0. The molecule has 0 spiro atoms. The number of benzene rings is 1. The van der Waals surface area contributed by atoms with Crippen molar-refractivity contribution in [1.82, 2.24) is 10.9 Å². The molecule has 0 bridgehead atoms. The molecule has 14 heavy (non-hydrogen) atoms. The van der Waals surface area contributed by atoms with E-state index in [0.717, 1.165) is 6.42 Å². The Kier molecular flexibility index (Phi) is 4.63. The number of hydrogen-bond acceptors (Lipinski definition) is 2. The topological polar surface area (TPSA) is 24.1 Å². The van der Waals surface area contributed by atoms with Crippen molar-refractivity contribution in [1.29, 1.82) is 0 Å². The zero-order valence-electron chi connectivity index (χ0n) is 9.30. The van der Waals surface area contributed by atoms with E-state index in [1.807, 2.05) is 7.05 Å². The Hall–Kier alpha value is -0.860. The van der Waals surface area contributed by atoms with E-state index in [1.165, 1.54) is 17.5 Å². The van der Waals surface area contributed by atoms with Gasteiger partial charge < -0.3 is 0 Å². The molecule has 2 heteroatoms. The lowest BCUT2D eigenvalue weighted by atomic mass is 9.98. The van der Waals surface area contributed by atoms with Crippen LogP contribution in [0.4, 0.5) is 0 Å². The molecule has 1 unspecified atom stereocenters. The molecule has 0 aliphatic heterocycles. The van der Waals surface area contributed by atoms with Crippen LogP contribution in [0.2, 0.25) is 0 Å². The third kappa shape index (κ3) is 2.82. The van der Waals surface area contributed by atoms with Crippen LogP contribution in [0.25, 0.3) is 0 Å². The molecule has 0 radical (unpaired) electrons. The fourth-order valence-electron chi connectivity index (χ4n) is 1.75. The Balaban J connectivity index is 2.81. The summed E-state index contributed by atoms with van der Waals surface area (Å²) in [6.07, 6.45) is 2.35. The van der Waals surface area contributed by atoms with Gasteiger partial charge in [0.25, 0.3) is 0 Å². The van der Waals surface area contributed by atoms with Crippen LogP contribution in [0.3, 0.4) is 0 Å². The first-order valence-corrected chi connectivity index (χ1v) is 5.27. The molecule has 0 amide bonds. The fraction of sp³-hybridized carbons (Fsp3) is 0.500. The van der Waals surface area contributed by atoms with Crippen molar-refractivity contribution in [3.8, 4) is 0 Å². The van der Waals surface area contributed by atoms with E-state index in [2.05, 4.69) is 49.0 Å². The summed E-state index contributed by atoms with van der Waals surface area (Å²) in [4.78, 5) is 0. The van der Waals surface area contributed by atoms with Crippen LogP contribution in [0.5, 0.6) is 0 Å². The van der Waals surface area contributed by atoms with Crippen molar-refractivity contribution in [2.24, 2.45) is 0 Å². The van der Waals surface area contributed by atoms with Crippen molar-refractivity contribution >= 4 is 0 Å². The summed E-state index contributed by atoms with van der Waals surface area (Å²) in [7, 11) is 1.92. The van der Waals surface area contributed by atoms with Crippen LogP contribution < -0.4 is 10.9 Å². The highest BCUT2D eigenvalue weighted by Crippen LogP contribution is 2.20. The van der Waals surface area contributed by atoms with E-state index in [1.54, 1.807) is 0 Å². The Morgan fingerprint density at radius 1 is 1.29 bits per heavy atom.